The van der Waals surface area contributed by atoms with Crippen molar-refractivity contribution in [1.29, 1.82) is 0 Å². The van der Waals surface area contributed by atoms with Gasteiger partial charge >= 0.3 is 12.0 Å². The highest BCUT2D eigenvalue weighted by molar-refractivity contribution is 9.11. The molecule has 1 atom stereocenters. The van der Waals surface area contributed by atoms with E-state index in [1.54, 1.807) is 0 Å². The number of carboxylic acids is 1. The van der Waals surface area contributed by atoms with Crippen LogP contribution in [0.4, 0.5) is 4.79 Å². The van der Waals surface area contributed by atoms with Crippen molar-refractivity contribution in [2.75, 3.05) is 6.54 Å². The predicted octanol–water partition coefficient (Wildman–Crippen LogP) is 2.28. The zero-order valence-corrected chi connectivity index (χ0v) is 12.5. The van der Waals surface area contributed by atoms with Gasteiger partial charge in [0.1, 0.15) is 6.04 Å². The molecule has 0 aliphatic carbocycles. The molecule has 6 heteroatoms. The summed E-state index contributed by atoms with van der Waals surface area (Å²) in [6.07, 6.45) is 0.922. The minimum atomic E-state index is -1.05. The lowest BCUT2D eigenvalue weighted by Gasteiger charge is -2.15. The van der Waals surface area contributed by atoms with Gasteiger partial charge in [-0.15, -0.1) is 0 Å². The SMILES string of the molecule is C=C(Br)CNC(=O)N[C@@H](CCc1ccccc1)C(=O)O. The maximum absolute atomic E-state index is 11.5. The third kappa shape index (κ3) is 6.38. The van der Waals surface area contributed by atoms with Crippen LogP contribution >= 0.6 is 15.9 Å². The molecule has 0 heterocycles. The molecule has 0 aliphatic heterocycles. The molecule has 0 aliphatic rings. The van der Waals surface area contributed by atoms with E-state index in [4.69, 9.17) is 5.11 Å². The third-order valence-electron chi connectivity index (χ3n) is 2.61. The number of aliphatic carboxylic acids is 1. The molecule has 2 amide bonds. The van der Waals surface area contributed by atoms with Gasteiger partial charge in [-0.05, 0) is 18.4 Å². The van der Waals surface area contributed by atoms with E-state index in [1.807, 2.05) is 30.3 Å². The maximum Gasteiger partial charge on any atom is 0.326 e. The number of carbonyl (C=O) groups is 2. The quantitative estimate of drug-likeness (QED) is 0.712. The minimum Gasteiger partial charge on any atom is -0.480 e. The average molecular weight is 341 g/mol. The number of amides is 2. The number of benzene rings is 1. The highest BCUT2D eigenvalue weighted by atomic mass is 79.9. The van der Waals surface area contributed by atoms with Crippen molar-refractivity contribution in [1.82, 2.24) is 10.6 Å². The van der Waals surface area contributed by atoms with Crippen molar-refractivity contribution >= 4 is 27.9 Å². The maximum atomic E-state index is 11.5. The molecular formula is C14H17BrN2O3. The number of carbonyl (C=O) groups excluding carboxylic acids is 1. The van der Waals surface area contributed by atoms with Gasteiger partial charge < -0.3 is 15.7 Å². The van der Waals surface area contributed by atoms with Crippen LogP contribution in [0, 0.1) is 0 Å². The van der Waals surface area contributed by atoms with E-state index in [0.29, 0.717) is 17.3 Å². The van der Waals surface area contributed by atoms with Crippen LogP contribution in [-0.2, 0) is 11.2 Å². The third-order valence-corrected chi connectivity index (χ3v) is 2.89. The van der Waals surface area contributed by atoms with Crippen LogP contribution in [0.15, 0.2) is 41.4 Å². The van der Waals surface area contributed by atoms with Crippen molar-refractivity contribution in [2.45, 2.75) is 18.9 Å². The first-order valence-corrected chi connectivity index (χ1v) is 6.92. The largest absolute Gasteiger partial charge is 0.480 e. The zero-order chi connectivity index (χ0) is 15.0. The predicted molar refractivity (Wildman–Crippen MR) is 80.8 cm³/mol. The smallest absolute Gasteiger partial charge is 0.326 e. The number of halogens is 1. The molecule has 1 rings (SSSR count). The summed E-state index contributed by atoms with van der Waals surface area (Å²) in [7, 11) is 0. The normalized spacial score (nSPS) is 11.4. The first kappa shape index (κ1) is 16.2. The van der Waals surface area contributed by atoms with E-state index >= 15 is 0 Å². The first-order chi connectivity index (χ1) is 9.49. The molecule has 0 aromatic heterocycles. The Morgan fingerprint density at radius 2 is 1.95 bits per heavy atom. The van der Waals surface area contributed by atoms with E-state index in [0.717, 1.165) is 5.56 Å². The summed E-state index contributed by atoms with van der Waals surface area (Å²) in [5.41, 5.74) is 1.04. The molecule has 20 heavy (non-hydrogen) atoms. The molecule has 3 N–H and O–H groups in total. The molecule has 1 aromatic rings. The van der Waals surface area contributed by atoms with Gasteiger partial charge in [-0.3, -0.25) is 0 Å². The Bertz CT molecular complexity index is 477. The van der Waals surface area contributed by atoms with Crippen LogP contribution in [0.25, 0.3) is 0 Å². The molecule has 0 saturated heterocycles. The van der Waals surface area contributed by atoms with Gasteiger partial charge in [0.15, 0.2) is 0 Å². The number of nitrogens with one attached hydrogen (secondary N) is 2. The molecular weight excluding hydrogens is 324 g/mol. The Labute approximate surface area is 126 Å². The Hall–Kier alpha value is -1.82. The van der Waals surface area contributed by atoms with Gasteiger partial charge in [0.25, 0.3) is 0 Å². The van der Waals surface area contributed by atoms with E-state index in [-0.39, 0.29) is 6.54 Å². The Balaban J connectivity index is 2.46. The molecule has 5 nitrogen and oxygen atoms in total. The van der Waals surface area contributed by atoms with Crippen molar-refractivity contribution in [3.05, 3.63) is 47.0 Å². The fraction of sp³-hybridized carbons (Fsp3) is 0.286. The monoisotopic (exact) mass is 340 g/mol. The number of hydrogen-bond donors (Lipinski definition) is 3. The Morgan fingerprint density at radius 3 is 2.50 bits per heavy atom. The molecule has 108 valence electrons. The second-order valence-electron chi connectivity index (χ2n) is 4.26. The summed E-state index contributed by atoms with van der Waals surface area (Å²) in [6.45, 7) is 3.82. The lowest BCUT2D eigenvalue weighted by Crippen LogP contribution is -2.46. The first-order valence-electron chi connectivity index (χ1n) is 6.13. The summed E-state index contributed by atoms with van der Waals surface area (Å²) in [5.74, 6) is -1.05. The van der Waals surface area contributed by atoms with Gasteiger partial charge in [0.2, 0.25) is 0 Å². The van der Waals surface area contributed by atoms with Crippen molar-refractivity contribution in [2.24, 2.45) is 0 Å². The van der Waals surface area contributed by atoms with Crippen LogP contribution in [-0.4, -0.2) is 29.7 Å². The summed E-state index contributed by atoms with van der Waals surface area (Å²) in [4.78, 5) is 22.7. The summed E-state index contributed by atoms with van der Waals surface area (Å²) >= 11 is 3.11. The minimum absolute atomic E-state index is 0.247. The van der Waals surface area contributed by atoms with Crippen LogP contribution in [0.5, 0.6) is 0 Å². The number of carboxylic acid groups (broad SMARTS) is 1. The molecule has 0 bridgehead atoms. The van der Waals surface area contributed by atoms with Gasteiger partial charge in [-0.25, -0.2) is 9.59 Å². The number of aryl methyl sites for hydroxylation is 1. The van der Waals surface area contributed by atoms with Crippen molar-refractivity contribution in [3.8, 4) is 0 Å². The van der Waals surface area contributed by atoms with E-state index in [2.05, 4.69) is 33.1 Å². The van der Waals surface area contributed by atoms with Gasteiger partial charge in [-0.1, -0.05) is 52.8 Å². The second kappa shape index (κ2) is 8.37. The van der Waals surface area contributed by atoms with Crippen LogP contribution in [0.2, 0.25) is 0 Å². The van der Waals surface area contributed by atoms with Crippen LogP contribution in [0.3, 0.4) is 0 Å². The summed E-state index contributed by atoms with van der Waals surface area (Å²) < 4.78 is 0.615. The number of hydrogen-bond acceptors (Lipinski definition) is 2. The van der Waals surface area contributed by atoms with E-state index in [1.165, 1.54) is 0 Å². The second-order valence-corrected chi connectivity index (χ2v) is 5.38. The average Bonchev–Trinajstić information content (AvgIpc) is 2.42. The topological polar surface area (TPSA) is 78.4 Å². The van der Waals surface area contributed by atoms with Gasteiger partial charge in [0.05, 0.1) is 6.54 Å². The van der Waals surface area contributed by atoms with Crippen molar-refractivity contribution in [3.63, 3.8) is 0 Å². The highest BCUT2D eigenvalue weighted by Gasteiger charge is 2.19. The van der Waals surface area contributed by atoms with E-state index < -0.39 is 18.0 Å². The summed E-state index contributed by atoms with van der Waals surface area (Å²) in [6, 6.07) is 8.10. The van der Waals surface area contributed by atoms with Crippen LogP contribution in [0.1, 0.15) is 12.0 Å². The fourth-order valence-corrected chi connectivity index (χ4v) is 1.74. The van der Waals surface area contributed by atoms with Gasteiger partial charge in [0, 0.05) is 4.48 Å². The molecule has 0 saturated carbocycles. The number of urea groups is 1. The molecule has 1 aromatic carbocycles. The lowest BCUT2D eigenvalue weighted by molar-refractivity contribution is -0.139. The van der Waals surface area contributed by atoms with Gasteiger partial charge in [-0.2, -0.15) is 0 Å². The fourth-order valence-electron chi connectivity index (χ4n) is 1.60. The highest BCUT2D eigenvalue weighted by Crippen LogP contribution is 2.05. The molecule has 0 radical (unpaired) electrons. The molecule has 0 spiro atoms. The standard InChI is InChI=1S/C14H17BrN2O3/c1-10(15)9-16-14(20)17-12(13(18)19)8-7-11-5-3-2-4-6-11/h2-6,12H,1,7-9H2,(H,18,19)(H2,16,17,20)/t12-/m0/s1. The Morgan fingerprint density at radius 1 is 1.30 bits per heavy atom. The zero-order valence-electron chi connectivity index (χ0n) is 10.9. The van der Waals surface area contributed by atoms with E-state index in [9.17, 15) is 9.59 Å². The Kier molecular flexibility index (Phi) is 6.79. The summed E-state index contributed by atoms with van der Waals surface area (Å²) in [5, 5.41) is 14.0. The molecule has 0 fully saturated rings. The number of rotatable bonds is 7. The molecule has 0 unspecified atom stereocenters. The van der Waals surface area contributed by atoms with Crippen LogP contribution < -0.4 is 10.6 Å². The lowest BCUT2D eigenvalue weighted by atomic mass is 10.1. The van der Waals surface area contributed by atoms with Crippen molar-refractivity contribution < 1.29 is 14.7 Å².